The molecule has 0 radical (unpaired) electrons. The van der Waals surface area contributed by atoms with Gasteiger partial charge in [-0.1, -0.05) is 11.8 Å². The molecule has 0 aliphatic rings. The number of carbonyl (C=O) groups is 3. The summed E-state index contributed by atoms with van der Waals surface area (Å²) in [7, 11) is 1.50. The molecule has 0 saturated carbocycles. The standard InChI is InChI=1S/C11H14N2O6S/c1-18-5-4-12-11(17)13-8(14)6-20-9-3-2-7(19-9)10(15)16/h2-3H,4-6H2,1H3,(H,15,16)(H2,12,13,14,17). The summed E-state index contributed by atoms with van der Waals surface area (Å²) in [6.07, 6.45) is 0. The van der Waals surface area contributed by atoms with Gasteiger partial charge in [-0.15, -0.1) is 0 Å². The Morgan fingerprint density at radius 2 is 2.15 bits per heavy atom. The van der Waals surface area contributed by atoms with Crippen molar-refractivity contribution in [2.24, 2.45) is 0 Å². The summed E-state index contributed by atoms with van der Waals surface area (Å²) in [6.45, 7) is 0.642. The van der Waals surface area contributed by atoms with Gasteiger partial charge in [0.2, 0.25) is 11.7 Å². The van der Waals surface area contributed by atoms with E-state index in [0.717, 1.165) is 11.8 Å². The summed E-state index contributed by atoms with van der Waals surface area (Å²) in [5.74, 6) is -1.97. The third-order valence-corrected chi connectivity index (χ3v) is 2.89. The van der Waals surface area contributed by atoms with Gasteiger partial charge in [0.1, 0.15) is 0 Å². The number of carboxylic acids is 1. The van der Waals surface area contributed by atoms with Crippen LogP contribution in [0.4, 0.5) is 4.79 Å². The molecule has 3 amide bonds. The predicted molar refractivity (Wildman–Crippen MR) is 69.8 cm³/mol. The van der Waals surface area contributed by atoms with Gasteiger partial charge in [0.05, 0.1) is 12.4 Å². The van der Waals surface area contributed by atoms with Crippen LogP contribution in [0.3, 0.4) is 0 Å². The number of carboxylic acid groups (broad SMARTS) is 1. The van der Waals surface area contributed by atoms with Crippen molar-refractivity contribution in [1.29, 1.82) is 0 Å². The summed E-state index contributed by atoms with van der Waals surface area (Å²) >= 11 is 0.990. The molecule has 0 atom stereocenters. The maximum Gasteiger partial charge on any atom is 0.371 e. The van der Waals surface area contributed by atoms with Gasteiger partial charge in [0.25, 0.3) is 0 Å². The number of rotatable bonds is 7. The number of furan rings is 1. The van der Waals surface area contributed by atoms with E-state index in [1.807, 2.05) is 0 Å². The molecule has 1 heterocycles. The molecule has 0 spiro atoms. The van der Waals surface area contributed by atoms with Gasteiger partial charge >= 0.3 is 12.0 Å². The van der Waals surface area contributed by atoms with E-state index in [2.05, 4.69) is 10.6 Å². The number of carbonyl (C=O) groups excluding carboxylic acids is 2. The van der Waals surface area contributed by atoms with Crippen LogP contribution in [0.2, 0.25) is 0 Å². The van der Waals surface area contributed by atoms with Crippen molar-refractivity contribution in [3.8, 4) is 0 Å². The molecule has 1 aromatic rings. The molecule has 9 heteroatoms. The van der Waals surface area contributed by atoms with E-state index in [4.69, 9.17) is 14.3 Å². The molecular formula is C11H14N2O6S. The number of hydrogen-bond acceptors (Lipinski definition) is 6. The van der Waals surface area contributed by atoms with E-state index in [0.29, 0.717) is 13.2 Å². The number of urea groups is 1. The average Bonchev–Trinajstić information content (AvgIpc) is 2.85. The van der Waals surface area contributed by atoms with E-state index >= 15 is 0 Å². The topological polar surface area (TPSA) is 118 Å². The predicted octanol–water partition coefficient (Wildman–Crippen LogP) is 0.542. The molecule has 0 saturated heterocycles. The van der Waals surface area contributed by atoms with Crippen LogP contribution >= 0.6 is 11.8 Å². The Hall–Kier alpha value is -2.00. The van der Waals surface area contributed by atoms with Crippen molar-refractivity contribution in [2.45, 2.75) is 5.09 Å². The first-order valence-electron chi connectivity index (χ1n) is 5.55. The fourth-order valence-electron chi connectivity index (χ4n) is 1.12. The van der Waals surface area contributed by atoms with Crippen molar-refractivity contribution >= 4 is 29.7 Å². The van der Waals surface area contributed by atoms with E-state index < -0.39 is 17.9 Å². The number of amides is 3. The second-order valence-electron chi connectivity index (χ2n) is 3.51. The van der Waals surface area contributed by atoms with Crippen LogP contribution in [0, 0.1) is 0 Å². The fraction of sp³-hybridized carbons (Fsp3) is 0.364. The Bertz CT molecular complexity index is 487. The van der Waals surface area contributed by atoms with Gasteiger partial charge < -0.3 is 19.6 Å². The SMILES string of the molecule is COCCNC(=O)NC(=O)CSc1ccc(C(=O)O)o1. The highest BCUT2D eigenvalue weighted by Crippen LogP contribution is 2.20. The van der Waals surface area contributed by atoms with Gasteiger partial charge in [-0.25, -0.2) is 9.59 Å². The summed E-state index contributed by atoms with van der Waals surface area (Å²) in [5, 5.41) is 13.5. The van der Waals surface area contributed by atoms with Gasteiger partial charge in [0, 0.05) is 13.7 Å². The maximum atomic E-state index is 11.4. The first-order valence-corrected chi connectivity index (χ1v) is 6.54. The first-order chi connectivity index (χ1) is 9.52. The smallest absolute Gasteiger partial charge is 0.371 e. The number of thioether (sulfide) groups is 1. The maximum absolute atomic E-state index is 11.4. The minimum atomic E-state index is -1.18. The van der Waals surface area contributed by atoms with Crippen LogP contribution in [0.25, 0.3) is 0 Å². The van der Waals surface area contributed by atoms with E-state index in [1.54, 1.807) is 0 Å². The zero-order valence-electron chi connectivity index (χ0n) is 10.7. The van der Waals surface area contributed by atoms with Crippen LogP contribution in [0.15, 0.2) is 21.6 Å². The highest BCUT2D eigenvalue weighted by molar-refractivity contribution is 7.99. The van der Waals surface area contributed by atoms with E-state index in [1.165, 1.54) is 19.2 Å². The van der Waals surface area contributed by atoms with Gasteiger partial charge in [-0.2, -0.15) is 0 Å². The lowest BCUT2D eigenvalue weighted by Crippen LogP contribution is -2.41. The van der Waals surface area contributed by atoms with Gasteiger partial charge in [-0.05, 0) is 12.1 Å². The van der Waals surface area contributed by atoms with E-state index in [9.17, 15) is 14.4 Å². The zero-order chi connectivity index (χ0) is 15.0. The van der Waals surface area contributed by atoms with Crippen molar-refractivity contribution in [1.82, 2.24) is 10.6 Å². The molecule has 8 nitrogen and oxygen atoms in total. The third-order valence-electron chi connectivity index (χ3n) is 1.98. The molecule has 3 N–H and O–H groups in total. The van der Waals surface area contributed by atoms with Gasteiger partial charge in [0.15, 0.2) is 5.09 Å². The van der Waals surface area contributed by atoms with Crippen LogP contribution in [-0.2, 0) is 9.53 Å². The number of hydrogen-bond donors (Lipinski definition) is 3. The number of nitrogens with one attached hydrogen (secondary N) is 2. The molecule has 1 rings (SSSR count). The molecular weight excluding hydrogens is 288 g/mol. The number of ether oxygens (including phenoxy) is 1. The quantitative estimate of drug-likeness (QED) is 0.497. The fourth-order valence-corrected chi connectivity index (χ4v) is 1.78. The summed E-state index contributed by atoms with van der Waals surface area (Å²) < 4.78 is 9.68. The van der Waals surface area contributed by atoms with Crippen LogP contribution < -0.4 is 10.6 Å². The highest BCUT2D eigenvalue weighted by Gasteiger charge is 2.12. The lowest BCUT2D eigenvalue weighted by atomic mass is 10.5. The highest BCUT2D eigenvalue weighted by atomic mass is 32.2. The molecule has 0 aromatic carbocycles. The van der Waals surface area contributed by atoms with Gasteiger partial charge in [-0.3, -0.25) is 10.1 Å². The molecule has 110 valence electrons. The third kappa shape index (κ3) is 5.76. The monoisotopic (exact) mass is 302 g/mol. The van der Waals surface area contributed by atoms with Crippen LogP contribution in [0.1, 0.15) is 10.6 Å². The molecule has 0 aliphatic heterocycles. The molecule has 0 bridgehead atoms. The second-order valence-corrected chi connectivity index (χ2v) is 4.49. The Labute approximate surface area is 118 Å². The van der Waals surface area contributed by atoms with Crippen molar-refractivity contribution in [3.05, 3.63) is 17.9 Å². The van der Waals surface area contributed by atoms with Crippen molar-refractivity contribution in [2.75, 3.05) is 26.0 Å². The first kappa shape index (κ1) is 16.1. The molecule has 0 aliphatic carbocycles. The molecule has 1 aromatic heterocycles. The lowest BCUT2D eigenvalue weighted by molar-refractivity contribution is -0.117. The number of methoxy groups -OCH3 is 1. The second kappa shape index (κ2) is 8.23. The molecule has 0 fully saturated rings. The van der Waals surface area contributed by atoms with Crippen molar-refractivity contribution in [3.63, 3.8) is 0 Å². The molecule has 20 heavy (non-hydrogen) atoms. The number of imide groups is 1. The summed E-state index contributed by atoms with van der Waals surface area (Å²) in [5.41, 5.74) is 0. The lowest BCUT2D eigenvalue weighted by Gasteiger charge is -2.05. The Morgan fingerprint density at radius 3 is 2.75 bits per heavy atom. The largest absolute Gasteiger partial charge is 0.475 e. The zero-order valence-corrected chi connectivity index (χ0v) is 11.5. The Morgan fingerprint density at radius 1 is 1.40 bits per heavy atom. The molecule has 0 unspecified atom stereocenters. The Balaban J connectivity index is 2.28. The van der Waals surface area contributed by atoms with Crippen LogP contribution in [-0.4, -0.2) is 49.0 Å². The van der Waals surface area contributed by atoms with Crippen molar-refractivity contribution < 1.29 is 28.6 Å². The van der Waals surface area contributed by atoms with E-state index in [-0.39, 0.29) is 16.6 Å². The normalized spacial score (nSPS) is 10.1. The Kier molecular flexibility index (Phi) is 6.60. The minimum absolute atomic E-state index is 0.0652. The summed E-state index contributed by atoms with van der Waals surface area (Å²) in [4.78, 5) is 33.2. The van der Waals surface area contributed by atoms with Crippen LogP contribution in [0.5, 0.6) is 0 Å². The average molecular weight is 302 g/mol. The number of aromatic carboxylic acids is 1. The summed E-state index contributed by atoms with van der Waals surface area (Å²) in [6, 6.07) is 2.12. The minimum Gasteiger partial charge on any atom is -0.475 e.